The van der Waals surface area contributed by atoms with Crippen molar-refractivity contribution in [2.75, 3.05) is 50.0 Å². The summed E-state index contributed by atoms with van der Waals surface area (Å²) in [5.74, 6) is 0. The van der Waals surface area contributed by atoms with Crippen LogP contribution in [0.1, 0.15) is 6.42 Å². The third-order valence-electron chi connectivity index (χ3n) is 4.04. The van der Waals surface area contributed by atoms with Gasteiger partial charge in [-0.25, -0.2) is 0 Å². The Labute approximate surface area is 122 Å². The standard InChI is InChI=1S/C14H20BrN3O/c15-13-9-11(16)1-2-14(13)18-4-3-12(10-18)17-5-7-19-8-6-17/h1-2,9,12H,3-8,10,16H2. The summed E-state index contributed by atoms with van der Waals surface area (Å²) in [6.07, 6.45) is 1.23. The van der Waals surface area contributed by atoms with Gasteiger partial charge in [0.1, 0.15) is 0 Å². The van der Waals surface area contributed by atoms with Gasteiger partial charge >= 0.3 is 0 Å². The highest BCUT2D eigenvalue weighted by atomic mass is 79.9. The van der Waals surface area contributed by atoms with Crippen LogP contribution >= 0.6 is 15.9 Å². The smallest absolute Gasteiger partial charge is 0.0594 e. The zero-order valence-electron chi connectivity index (χ0n) is 11.0. The van der Waals surface area contributed by atoms with Crippen molar-refractivity contribution in [1.82, 2.24) is 4.90 Å². The maximum Gasteiger partial charge on any atom is 0.0594 e. The van der Waals surface area contributed by atoms with E-state index in [1.165, 1.54) is 12.1 Å². The summed E-state index contributed by atoms with van der Waals surface area (Å²) in [6, 6.07) is 6.73. The minimum absolute atomic E-state index is 0.661. The first-order valence-electron chi connectivity index (χ1n) is 6.86. The van der Waals surface area contributed by atoms with Gasteiger partial charge in [-0.2, -0.15) is 0 Å². The summed E-state index contributed by atoms with van der Waals surface area (Å²) < 4.78 is 6.52. The van der Waals surface area contributed by atoms with Gasteiger partial charge in [-0.1, -0.05) is 0 Å². The van der Waals surface area contributed by atoms with Gasteiger partial charge in [-0.15, -0.1) is 0 Å². The first kappa shape index (κ1) is 13.2. The molecule has 2 heterocycles. The molecule has 2 aliphatic heterocycles. The second-order valence-electron chi connectivity index (χ2n) is 5.25. The number of halogens is 1. The van der Waals surface area contributed by atoms with E-state index in [0.29, 0.717) is 6.04 Å². The summed E-state index contributed by atoms with van der Waals surface area (Å²) >= 11 is 3.62. The van der Waals surface area contributed by atoms with Crippen molar-refractivity contribution >= 4 is 27.3 Å². The van der Waals surface area contributed by atoms with Crippen molar-refractivity contribution in [3.63, 3.8) is 0 Å². The number of rotatable bonds is 2. The van der Waals surface area contributed by atoms with Crippen LogP contribution in [-0.2, 0) is 4.74 Å². The van der Waals surface area contributed by atoms with Crippen LogP contribution < -0.4 is 10.6 Å². The Hall–Kier alpha value is -0.780. The molecule has 2 saturated heterocycles. The molecule has 5 heteroatoms. The second-order valence-corrected chi connectivity index (χ2v) is 6.10. The molecule has 2 N–H and O–H groups in total. The maximum atomic E-state index is 5.80. The molecular weight excluding hydrogens is 306 g/mol. The third kappa shape index (κ3) is 2.88. The zero-order valence-corrected chi connectivity index (χ0v) is 12.6. The molecule has 1 aromatic rings. The molecular formula is C14H20BrN3O. The molecule has 1 aromatic carbocycles. The van der Waals surface area contributed by atoms with Crippen molar-refractivity contribution in [1.29, 1.82) is 0 Å². The van der Waals surface area contributed by atoms with E-state index in [1.807, 2.05) is 12.1 Å². The maximum absolute atomic E-state index is 5.80. The third-order valence-corrected chi connectivity index (χ3v) is 4.67. The van der Waals surface area contributed by atoms with Gasteiger partial charge in [0.25, 0.3) is 0 Å². The van der Waals surface area contributed by atoms with Gasteiger partial charge in [0.15, 0.2) is 0 Å². The lowest BCUT2D eigenvalue weighted by Crippen LogP contribution is -2.44. The number of morpholine rings is 1. The summed E-state index contributed by atoms with van der Waals surface area (Å²) in [4.78, 5) is 5.01. The van der Waals surface area contributed by atoms with E-state index in [4.69, 9.17) is 10.5 Å². The van der Waals surface area contributed by atoms with Gasteiger partial charge in [-0.3, -0.25) is 4.90 Å². The van der Waals surface area contributed by atoms with E-state index in [-0.39, 0.29) is 0 Å². The van der Waals surface area contributed by atoms with E-state index in [9.17, 15) is 0 Å². The summed E-state index contributed by atoms with van der Waals surface area (Å²) in [6.45, 7) is 6.11. The molecule has 4 nitrogen and oxygen atoms in total. The average Bonchev–Trinajstić information content (AvgIpc) is 2.89. The Bertz CT molecular complexity index is 448. The number of ether oxygens (including phenoxy) is 1. The molecule has 0 saturated carbocycles. The van der Waals surface area contributed by atoms with Gasteiger partial charge < -0.3 is 15.4 Å². The molecule has 0 aromatic heterocycles. The fraction of sp³-hybridized carbons (Fsp3) is 0.571. The van der Waals surface area contributed by atoms with Crippen LogP contribution in [0.25, 0.3) is 0 Å². The van der Waals surface area contributed by atoms with Crippen LogP contribution in [0.15, 0.2) is 22.7 Å². The van der Waals surface area contributed by atoms with Crippen LogP contribution in [0.5, 0.6) is 0 Å². The Kier molecular flexibility index (Phi) is 3.96. The molecule has 0 amide bonds. The number of anilines is 2. The molecule has 2 aliphatic rings. The van der Waals surface area contributed by atoms with E-state index >= 15 is 0 Å². The number of nitrogens with two attached hydrogens (primary N) is 1. The van der Waals surface area contributed by atoms with E-state index in [2.05, 4.69) is 31.8 Å². The number of nitrogens with zero attached hydrogens (tertiary/aromatic N) is 2. The molecule has 104 valence electrons. The van der Waals surface area contributed by atoms with Crippen molar-refractivity contribution in [3.05, 3.63) is 22.7 Å². The molecule has 1 unspecified atom stereocenters. The van der Waals surface area contributed by atoms with Crippen molar-refractivity contribution in [2.24, 2.45) is 0 Å². The predicted octanol–water partition coefficient (Wildman–Crippen LogP) is 1.94. The molecule has 0 bridgehead atoms. The van der Waals surface area contributed by atoms with Gasteiger partial charge in [0.2, 0.25) is 0 Å². The zero-order chi connectivity index (χ0) is 13.2. The van der Waals surface area contributed by atoms with E-state index in [0.717, 1.165) is 49.6 Å². The lowest BCUT2D eigenvalue weighted by Gasteiger charge is -2.32. The molecule has 0 spiro atoms. The summed E-state index contributed by atoms with van der Waals surface area (Å²) in [7, 11) is 0. The minimum Gasteiger partial charge on any atom is -0.399 e. The van der Waals surface area contributed by atoms with Crippen LogP contribution in [0.4, 0.5) is 11.4 Å². The highest BCUT2D eigenvalue weighted by Crippen LogP contribution is 2.31. The van der Waals surface area contributed by atoms with Crippen molar-refractivity contribution in [2.45, 2.75) is 12.5 Å². The van der Waals surface area contributed by atoms with Crippen LogP contribution in [0, 0.1) is 0 Å². The van der Waals surface area contributed by atoms with Gasteiger partial charge in [-0.05, 0) is 40.5 Å². The monoisotopic (exact) mass is 325 g/mol. The Balaban J connectivity index is 1.67. The van der Waals surface area contributed by atoms with Crippen LogP contribution in [-0.4, -0.2) is 50.3 Å². The number of hydrogen-bond acceptors (Lipinski definition) is 4. The Morgan fingerprint density at radius 1 is 1.21 bits per heavy atom. The quantitative estimate of drug-likeness (QED) is 0.844. The van der Waals surface area contributed by atoms with Gasteiger partial charge in [0, 0.05) is 42.4 Å². The topological polar surface area (TPSA) is 41.7 Å². The van der Waals surface area contributed by atoms with Crippen LogP contribution in [0.2, 0.25) is 0 Å². The normalized spacial score (nSPS) is 24.9. The highest BCUT2D eigenvalue weighted by molar-refractivity contribution is 9.10. The first-order valence-corrected chi connectivity index (χ1v) is 7.65. The predicted molar refractivity (Wildman–Crippen MR) is 81.6 cm³/mol. The second kappa shape index (κ2) is 5.69. The number of nitrogen functional groups attached to an aromatic ring is 1. The summed E-state index contributed by atoms with van der Waals surface area (Å²) in [5.41, 5.74) is 7.86. The lowest BCUT2D eigenvalue weighted by atomic mass is 10.2. The fourth-order valence-corrected chi connectivity index (χ4v) is 3.63. The minimum atomic E-state index is 0.661. The van der Waals surface area contributed by atoms with E-state index < -0.39 is 0 Å². The van der Waals surface area contributed by atoms with E-state index in [1.54, 1.807) is 0 Å². The van der Waals surface area contributed by atoms with Crippen molar-refractivity contribution < 1.29 is 4.74 Å². The largest absolute Gasteiger partial charge is 0.399 e. The molecule has 0 aliphatic carbocycles. The summed E-state index contributed by atoms with van der Waals surface area (Å²) in [5, 5.41) is 0. The number of benzene rings is 1. The van der Waals surface area contributed by atoms with Crippen LogP contribution in [0.3, 0.4) is 0 Å². The Morgan fingerprint density at radius 3 is 2.74 bits per heavy atom. The van der Waals surface area contributed by atoms with Gasteiger partial charge in [0.05, 0.1) is 18.9 Å². The molecule has 19 heavy (non-hydrogen) atoms. The first-order chi connectivity index (χ1) is 9.24. The SMILES string of the molecule is Nc1ccc(N2CCC(N3CCOCC3)C2)c(Br)c1. The van der Waals surface area contributed by atoms with Crippen molar-refractivity contribution in [3.8, 4) is 0 Å². The molecule has 2 fully saturated rings. The highest BCUT2D eigenvalue weighted by Gasteiger charge is 2.29. The Morgan fingerprint density at radius 2 is 2.00 bits per heavy atom. The fourth-order valence-electron chi connectivity index (χ4n) is 2.98. The molecule has 1 atom stereocenters. The molecule has 3 rings (SSSR count). The number of hydrogen-bond donors (Lipinski definition) is 1. The lowest BCUT2D eigenvalue weighted by molar-refractivity contribution is 0.0209. The molecule has 0 radical (unpaired) electrons. The average molecular weight is 326 g/mol.